The number of benzene rings is 1. The van der Waals surface area contributed by atoms with Gasteiger partial charge >= 0.3 is 6.01 Å². The Hall–Kier alpha value is -2.37. The number of aromatic nitrogens is 3. The normalized spacial score (nSPS) is 14.4. The van der Waals surface area contributed by atoms with E-state index in [-0.39, 0.29) is 0 Å². The van der Waals surface area contributed by atoms with E-state index >= 15 is 0 Å². The second-order valence-corrected chi connectivity index (χ2v) is 6.42. The average molecular weight is 342 g/mol. The van der Waals surface area contributed by atoms with Crippen LogP contribution in [0.15, 0.2) is 18.2 Å². The fourth-order valence-corrected chi connectivity index (χ4v) is 3.02. The molecule has 2 aromatic rings. The summed E-state index contributed by atoms with van der Waals surface area (Å²) >= 11 is 0. The molecule has 1 aromatic heterocycles. The molecule has 3 rings (SSSR count). The van der Waals surface area contributed by atoms with Gasteiger partial charge in [-0.1, -0.05) is 12.1 Å². The molecule has 1 saturated heterocycles. The zero-order chi connectivity index (χ0) is 17.6. The number of methoxy groups -OCH3 is 1. The van der Waals surface area contributed by atoms with Gasteiger partial charge in [-0.2, -0.15) is 15.0 Å². The zero-order valence-corrected chi connectivity index (χ0v) is 15.3. The van der Waals surface area contributed by atoms with E-state index in [9.17, 15) is 0 Å². The monoisotopic (exact) mass is 342 g/mol. The third-order valence-electron chi connectivity index (χ3n) is 4.45. The number of aryl methyl sites for hydroxylation is 2. The predicted octanol–water partition coefficient (Wildman–Crippen LogP) is 3.11. The largest absolute Gasteiger partial charge is 0.496 e. The van der Waals surface area contributed by atoms with E-state index in [4.69, 9.17) is 9.47 Å². The molecule has 0 amide bonds. The third kappa shape index (κ3) is 4.59. The maximum absolute atomic E-state index is 5.80. The van der Waals surface area contributed by atoms with Crippen molar-refractivity contribution in [2.45, 2.75) is 39.5 Å². The highest BCUT2D eigenvalue weighted by atomic mass is 16.5. The smallest absolute Gasteiger partial charge is 0.321 e. The molecule has 1 aliphatic heterocycles. The lowest BCUT2D eigenvalue weighted by Crippen LogP contribution is -2.31. The predicted molar refractivity (Wildman–Crippen MR) is 97.6 cm³/mol. The first-order valence-electron chi connectivity index (χ1n) is 8.89. The van der Waals surface area contributed by atoms with Crippen LogP contribution in [0.4, 0.5) is 5.95 Å². The second kappa shape index (κ2) is 8.14. The molecule has 1 fully saturated rings. The summed E-state index contributed by atoms with van der Waals surface area (Å²) in [5.74, 6) is 2.34. The molecular weight excluding hydrogens is 316 g/mol. The van der Waals surface area contributed by atoms with Gasteiger partial charge in [0, 0.05) is 19.5 Å². The van der Waals surface area contributed by atoms with Crippen molar-refractivity contribution in [2.75, 3.05) is 31.7 Å². The average Bonchev–Trinajstić information content (AvgIpc) is 2.63. The van der Waals surface area contributed by atoms with Crippen molar-refractivity contribution in [3.8, 4) is 11.8 Å². The Balaban J connectivity index is 1.62. The summed E-state index contributed by atoms with van der Waals surface area (Å²) in [5, 5.41) is 0. The van der Waals surface area contributed by atoms with Crippen molar-refractivity contribution in [3.05, 3.63) is 35.2 Å². The van der Waals surface area contributed by atoms with Crippen molar-refractivity contribution in [1.82, 2.24) is 15.0 Å². The first-order chi connectivity index (χ1) is 12.2. The number of hydrogen-bond acceptors (Lipinski definition) is 6. The maximum Gasteiger partial charge on any atom is 0.321 e. The van der Waals surface area contributed by atoms with Crippen molar-refractivity contribution < 1.29 is 9.47 Å². The minimum atomic E-state index is 0.409. The van der Waals surface area contributed by atoms with Crippen molar-refractivity contribution in [3.63, 3.8) is 0 Å². The van der Waals surface area contributed by atoms with Gasteiger partial charge in [0.05, 0.1) is 13.7 Å². The molecule has 0 saturated carbocycles. The van der Waals surface area contributed by atoms with Crippen LogP contribution in [0.5, 0.6) is 11.8 Å². The highest BCUT2D eigenvalue weighted by molar-refractivity contribution is 5.36. The van der Waals surface area contributed by atoms with Crippen LogP contribution in [0.2, 0.25) is 0 Å². The molecule has 2 heterocycles. The summed E-state index contributed by atoms with van der Waals surface area (Å²) in [4.78, 5) is 15.5. The molecule has 1 aliphatic rings. The van der Waals surface area contributed by atoms with Gasteiger partial charge < -0.3 is 14.4 Å². The number of anilines is 1. The molecule has 1 aromatic carbocycles. The van der Waals surface area contributed by atoms with E-state index in [0.717, 1.165) is 36.8 Å². The maximum atomic E-state index is 5.80. The van der Waals surface area contributed by atoms with Crippen LogP contribution in [-0.2, 0) is 6.42 Å². The quantitative estimate of drug-likeness (QED) is 0.804. The van der Waals surface area contributed by atoms with Gasteiger partial charge in [-0.3, -0.25) is 0 Å². The van der Waals surface area contributed by atoms with E-state index in [1.165, 1.54) is 24.8 Å². The number of rotatable bonds is 6. The molecular formula is C19H26N4O2. The van der Waals surface area contributed by atoms with Crippen LogP contribution >= 0.6 is 0 Å². The van der Waals surface area contributed by atoms with Crippen molar-refractivity contribution >= 4 is 5.95 Å². The van der Waals surface area contributed by atoms with Crippen LogP contribution in [0.25, 0.3) is 0 Å². The minimum Gasteiger partial charge on any atom is -0.496 e. The molecule has 6 nitrogen and oxygen atoms in total. The topological polar surface area (TPSA) is 60.4 Å². The van der Waals surface area contributed by atoms with Gasteiger partial charge in [-0.05, 0) is 50.3 Å². The van der Waals surface area contributed by atoms with Crippen LogP contribution in [-0.4, -0.2) is 41.8 Å². The molecule has 0 N–H and O–H groups in total. The van der Waals surface area contributed by atoms with E-state index in [1.54, 1.807) is 7.11 Å². The standard InChI is InChI=1S/C19H26N4O2/c1-14-7-8-16(13-17(14)24-3)9-12-25-19-21-15(2)20-18(22-19)23-10-5-4-6-11-23/h7-8,13H,4-6,9-12H2,1-3H3. The molecule has 134 valence electrons. The molecule has 0 radical (unpaired) electrons. The van der Waals surface area contributed by atoms with E-state index in [0.29, 0.717) is 18.4 Å². The Morgan fingerprint density at radius 2 is 1.84 bits per heavy atom. The SMILES string of the molecule is COc1cc(CCOc2nc(C)nc(N3CCCCC3)n2)ccc1C. The Labute approximate surface area is 149 Å². The van der Waals surface area contributed by atoms with Crippen LogP contribution < -0.4 is 14.4 Å². The number of piperidine rings is 1. The summed E-state index contributed by atoms with van der Waals surface area (Å²) in [5.41, 5.74) is 2.30. The van der Waals surface area contributed by atoms with Gasteiger partial charge in [0.2, 0.25) is 5.95 Å². The van der Waals surface area contributed by atoms with Gasteiger partial charge in [0.1, 0.15) is 11.6 Å². The Morgan fingerprint density at radius 3 is 2.60 bits per heavy atom. The fraction of sp³-hybridized carbons (Fsp3) is 0.526. The lowest BCUT2D eigenvalue weighted by molar-refractivity contribution is 0.294. The molecule has 0 bridgehead atoms. The van der Waals surface area contributed by atoms with E-state index < -0.39 is 0 Å². The van der Waals surface area contributed by atoms with Gasteiger partial charge in [0.25, 0.3) is 0 Å². The molecule has 0 spiro atoms. The number of ether oxygens (including phenoxy) is 2. The minimum absolute atomic E-state index is 0.409. The lowest BCUT2D eigenvalue weighted by atomic mass is 10.1. The molecule has 0 aliphatic carbocycles. The Bertz CT molecular complexity index is 715. The summed E-state index contributed by atoms with van der Waals surface area (Å²) in [6.07, 6.45) is 4.44. The number of nitrogens with zero attached hydrogens (tertiary/aromatic N) is 4. The summed E-state index contributed by atoms with van der Waals surface area (Å²) in [6, 6.07) is 6.62. The number of hydrogen-bond donors (Lipinski definition) is 0. The third-order valence-corrected chi connectivity index (χ3v) is 4.45. The van der Waals surface area contributed by atoms with Crippen LogP contribution in [0.1, 0.15) is 36.2 Å². The van der Waals surface area contributed by atoms with E-state index in [2.05, 4.69) is 38.1 Å². The molecule has 0 unspecified atom stereocenters. The molecule has 6 heteroatoms. The summed E-state index contributed by atoms with van der Waals surface area (Å²) in [7, 11) is 1.69. The Kier molecular flexibility index (Phi) is 5.68. The van der Waals surface area contributed by atoms with Crippen LogP contribution in [0.3, 0.4) is 0 Å². The molecule has 0 atom stereocenters. The van der Waals surface area contributed by atoms with E-state index in [1.807, 2.05) is 13.8 Å². The van der Waals surface area contributed by atoms with Gasteiger partial charge in [-0.25, -0.2) is 0 Å². The first-order valence-corrected chi connectivity index (χ1v) is 8.89. The Morgan fingerprint density at radius 1 is 1.04 bits per heavy atom. The van der Waals surface area contributed by atoms with Crippen molar-refractivity contribution in [1.29, 1.82) is 0 Å². The molecule has 25 heavy (non-hydrogen) atoms. The first kappa shape index (κ1) is 17.5. The summed E-state index contributed by atoms with van der Waals surface area (Å²) in [6.45, 7) is 6.45. The second-order valence-electron chi connectivity index (χ2n) is 6.42. The van der Waals surface area contributed by atoms with Crippen LogP contribution in [0, 0.1) is 13.8 Å². The lowest BCUT2D eigenvalue weighted by Gasteiger charge is -2.26. The highest BCUT2D eigenvalue weighted by Gasteiger charge is 2.15. The fourth-order valence-electron chi connectivity index (χ4n) is 3.02. The summed E-state index contributed by atoms with van der Waals surface area (Å²) < 4.78 is 11.2. The van der Waals surface area contributed by atoms with Crippen molar-refractivity contribution in [2.24, 2.45) is 0 Å². The van der Waals surface area contributed by atoms with Gasteiger partial charge in [0.15, 0.2) is 0 Å². The van der Waals surface area contributed by atoms with Gasteiger partial charge in [-0.15, -0.1) is 0 Å². The zero-order valence-electron chi connectivity index (χ0n) is 15.3. The highest BCUT2D eigenvalue weighted by Crippen LogP contribution is 2.20.